The van der Waals surface area contributed by atoms with Crippen LogP contribution in [0.3, 0.4) is 0 Å². The number of carbonyl (C=O) groups excluding carboxylic acids is 1. The van der Waals surface area contributed by atoms with E-state index in [1.54, 1.807) is 18.2 Å². The summed E-state index contributed by atoms with van der Waals surface area (Å²) in [5.74, 6) is 0.306. The van der Waals surface area contributed by atoms with Crippen molar-refractivity contribution >= 4 is 23.2 Å². The molecule has 0 heterocycles. The fourth-order valence-corrected chi connectivity index (χ4v) is 1.41. The van der Waals surface area contributed by atoms with Gasteiger partial charge in [-0.1, -0.05) is 11.6 Å². The first-order valence-corrected chi connectivity index (χ1v) is 5.97. The highest BCUT2D eigenvalue weighted by atomic mass is 35.5. The number of halogens is 1. The summed E-state index contributed by atoms with van der Waals surface area (Å²) in [6.45, 7) is 5.69. The van der Waals surface area contributed by atoms with Gasteiger partial charge in [-0.3, -0.25) is 4.79 Å². The molecule has 0 spiro atoms. The number of rotatable bonds is 4. The quantitative estimate of drug-likeness (QED) is 0.915. The maximum absolute atomic E-state index is 11.6. The third-order valence-corrected chi connectivity index (χ3v) is 2.38. The van der Waals surface area contributed by atoms with Gasteiger partial charge in [-0.05, 0) is 32.9 Å². The molecule has 0 unspecified atom stereocenters. The minimum atomic E-state index is -0.338. The molecule has 1 rings (SSSR count). The van der Waals surface area contributed by atoms with E-state index in [1.807, 2.05) is 20.8 Å². The summed E-state index contributed by atoms with van der Waals surface area (Å²) in [5, 5.41) is 3.22. The normalized spacial score (nSPS) is 11.2. The summed E-state index contributed by atoms with van der Waals surface area (Å²) in [6, 6.07) is 5.04. The van der Waals surface area contributed by atoms with Crippen molar-refractivity contribution in [2.45, 2.75) is 26.4 Å². The van der Waals surface area contributed by atoms with E-state index in [2.05, 4.69) is 5.32 Å². The van der Waals surface area contributed by atoms with Crippen LogP contribution in [-0.4, -0.2) is 25.2 Å². The molecule has 0 saturated heterocycles. The average molecular weight is 272 g/mol. The van der Waals surface area contributed by atoms with Crippen LogP contribution in [-0.2, 0) is 9.53 Å². The minimum absolute atomic E-state index is 0.00837. The topological polar surface area (TPSA) is 47.6 Å². The van der Waals surface area contributed by atoms with Crippen LogP contribution in [0.15, 0.2) is 18.2 Å². The predicted molar refractivity (Wildman–Crippen MR) is 72.3 cm³/mol. The number of hydrogen-bond donors (Lipinski definition) is 1. The monoisotopic (exact) mass is 271 g/mol. The van der Waals surface area contributed by atoms with Crippen molar-refractivity contribution in [2.75, 3.05) is 19.0 Å². The van der Waals surface area contributed by atoms with Crippen molar-refractivity contribution in [1.29, 1.82) is 0 Å². The van der Waals surface area contributed by atoms with Crippen LogP contribution < -0.4 is 10.1 Å². The number of carbonyl (C=O) groups is 1. The Balaban J connectivity index is 2.59. The number of nitrogens with one attached hydrogen (secondary N) is 1. The predicted octanol–water partition coefficient (Wildman–Crippen LogP) is 3.10. The molecule has 1 aromatic rings. The summed E-state index contributed by atoms with van der Waals surface area (Å²) in [5.41, 5.74) is 0.286. The SMILES string of the molecule is COc1cc(NC(=O)COC(C)(C)C)ccc1Cl. The number of methoxy groups -OCH3 is 1. The summed E-state index contributed by atoms with van der Waals surface area (Å²) < 4.78 is 10.4. The molecule has 0 fully saturated rings. The van der Waals surface area contributed by atoms with Crippen molar-refractivity contribution in [1.82, 2.24) is 0 Å². The maximum Gasteiger partial charge on any atom is 0.250 e. The van der Waals surface area contributed by atoms with Gasteiger partial charge in [0, 0.05) is 11.8 Å². The van der Waals surface area contributed by atoms with Crippen LogP contribution in [0.4, 0.5) is 5.69 Å². The molecule has 0 radical (unpaired) electrons. The Morgan fingerprint density at radius 1 is 1.39 bits per heavy atom. The Labute approximate surface area is 112 Å². The van der Waals surface area contributed by atoms with Crippen LogP contribution in [0.1, 0.15) is 20.8 Å². The molecule has 0 bridgehead atoms. The van der Waals surface area contributed by atoms with Gasteiger partial charge in [0.25, 0.3) is 0 Å². The van der Waals surface area contributed by atoms with Gasteiger partial charge in [0.2, 0.25) is 5.91 Å². The Kier molecular flexibility index (Phi) is 4.99. The molecular weight excluding hydrogens is 254 g/mol. The van der Waals surface area contributed by atoms with Gasteiger partial charge in [-0.15, -0.1) is 0 Å². The molecule has 0 aromatic heterocycles. The molecule has 18 heavy (non-hydrogen) atoms. The van der Waals surface area contributed by atoms with E-state index in [1.165, 1.54) is 7.11 Å². The van der Waals surface area contributed by atoms with E-state index in [0.29, 0.717) is 16.5 Å². The van der Waals surface area contributed by atoms with Crippen LogP contribution in [0.5, 0.6) is 5.75 Å². The van der Waals surface area contributed by atoms with Crippen LogP contribution in [0.2, 0.25) is 5.02 Å². The lowest BCUT2D eigenvalue weighted by molar-refractivity contribution is -0.125. The van der Waals surface area contributed by atoms with Gasteiger partial charge in [-0.2, -0.15) is 0 Å². The first-order chi connectivity index (χ1) is 8.31. The van der Waals surface area contributed by atoms with Crippen molar-refractivity contribution in [3.05, 3.63) is 23.2 Å². The number of amides is 1. The van der Waals surface area contributed by atoms with E-state index in [4.69, 9.17) is 21.1 Å². The Morgan fingerprint density at radius 3 is 2.61 bits per heavy atom. The standard InChI is InChI=1S/C13H18ClNO3/c1-13(2,3)18-8-12(16)15-9-5-6-10(14)11(7-9)17-4/h5-7H,8H2,1-4H3,(H,15,16). The van der Waals surface area contributed by atoms with Crippen LogP contribution in [0.25, 0.3) is 0 Å². The highest BCUT2D eigenvalue weighted by Crippen LogP contribution is 2.27. The van der Waals surface area contributed by atoms with Crippen LogP contribution >= 0.6 is 11.6 Å². The third kappa shape index (κ3) is 4.94. The van der Waals surface area contributed by atoms with Gasteiger partial charge in [0.1, 0.15) is 12.4 Å². The zero-order valence-corrected chi connectivity index (χ0v) is 11.8. The van der Waals surface area contributed by atoms with Crippen molar-refractivity contribution in [3.8, 4) is 5.75 Å². The minimum Gasteiger partial charge on any atom is -0.495 e. The second-order valence-corrected chi connectivity index (χ2v) is 5.21. The van der Waals surface area contributed by atoms with Gasteiger partial charge in [0.15, 0.2) is 0 Å². The van der Waals surface area contributed by atoms with Gasteiger partial charge >= 0.3 is 0 Å². The Bertz CT molecular complexity index is 427. The van der Waals surface area contributed by atoms with E-state index in [-0.39, 0.29) is 18.1 Å². The average Bonchev–Trinajstić information content (AvgIpc) is 2.28. The molecule has 0 saturated carbocycles. The summed E-state index contributed by atoms with van der Waals surface area (Å²) in [6.07, 6.45) is 0. The lowest BCUT2D eigenvalue weighted by atomic mass is 10.2. The number of hydrogen-bond acceptors (Lipinski definition) is 3. The fraction of sp³-hybridized carbons (Fsp3) is 0.462. The molecule has 1 aromatic carbocycles. The summed E-state index contributed by atoms with van der Waals surface area (Å²) >= 11 is 5.89. The van der Waals surface area contributed by atoms with Crippen LogP contribution in [0, 0.1) is 0 Å². The highest BCUT2D eigenvalue weighted by molar-refractivity contribution is 6.32. The zero-order valence-electron chi connectivity index (χ0n) is 11.0. The highest BCUT2D eigenvalue weighted by Gasteiger charge is 2.13. The van der Waals surface area contributed by atoms with E-state index in [9.17, 15) is 4.79 Å². The number of benzene rings is 1. The molecule has 0 atom stereocenters. The molecule has 1 N–H and O–H groups in total. The first-order valence-electron chi connectivity index (χ1n) is 5.59. The van der Waals surface area contributed by atoms with Gasteiger partial charge in [-0.25, -0.2) is 0 Å². The smallest absolute Gasteiger partial charge is 0.250 e. The molecule has 0 aliphatic rings. The lowest BCUT2D eigenvalue weighted by Gasteiger charge is -2.19. The second kappa shape index (κ2) is 6.07. The third-order valence-electron chi connectivity index (χ3n) is 2.07. The molecule has 0 aliphatic heterocycles. The lowest BCUT2D eigenvalue weighted by Crippen LogP contribution is -2.27. The molecule has 5 heteroatoms. The molecule has 1 amide bonds. The molecule has 100 valence electrons. The number of ether oxygens (including phenoxy) is 2. The molecule has 4 nitrogen and oxygen atoms in total. The number of anilines is 1. The first kappa shape index (κ1) is 14.8. The fourth-order valence-electron chi connectivity index (χ4n) is 1.22. The van der Waals surface area contributed by atoms with Crippen molar-refractivity contribution in [2.24, 2.45) is 0 Å². The van der Waals surface area contributed by atoms with E-state index in [0.717, 1.165) is 0 Å². The maximum atomic E-state index is 11.6. The van der Waals surface area contributed by atoms with E-state index < -0.39 is 0 Å². The molecule has 0 aliphatic carbocycles. The van der Waals surface area contributed by atoms with Gasteiger partial charge in [0.05, 0.1) is 17.7 Å². The van der Waals surface area contributed by atoms with Crippen molar-refractivity contribution in [3.63, 3.8) is 0 Å². The van der Waals surface area contributed by atoms with Gasteiger partial charge < -0.3 is 14.8 Å². The zero-order chi connectivity index (χ0) is 13.8. The molecular formula is C13H18ClNO3. The largest absolute Gasteiger partial charge is 0.495 e. The van der Waals surface area contributed by atoms with E-state index >= 15 is 0 Å². The summed E-state index contributed by atoms with van der Waals surface area (Å²) in [4.78, 5) is 11.6. The Hall–Kier alpha value is -1.26. The summed E-state index contributed by atoms with van der Waals surface area (Å²) in [7, 11) is 1.52. The van der Waals surface area contributed by atoms with Crippen molar-refractivity contribution < 1.29 is 14.3 Å². The Morgan fingerprint density at radius 2 is 2.06 bits per heavy atom. The second-order valence-electron chi connectivity index (χ2n) is 4.80.